The average Bonchev–Trinajstić information content (AvgIpc) is 3.17. The van der Waals surface area contributed by atoms with Gasteiger partial charge in [-0.15, -0.1) is 0 Å². The molecule has 0 aliphatic rings. The Balaban J connectivity index is 2.49. The Hall–Kier alpha value is -2.63. The van der Waals surface area contributed by atoms with Crippen LogP contribution in [0, 0.1) is 6.92 Å². The summed E-state index contributed by atoms with van der Waals surface area (Å²) in [5, 5.41) is 3.84. The van der Waals surface area contributed by atoms with E-state index in [9.17, 15) is 22.8 Å². The molecule has 2 heterocycles. The zero-order valence-electron chi connectivity index (χ0n) is 20.1. The molecular formula is C21H29F3N4O4S. The van der Waals surface area contributed by atoms with Crippen LogP contribution in [0.4, 0.5) is 27.9 Å². The fourth-order valence-corrected chi connectivity index (χ4v) is 3.49. The number of halogens is 3. The third kappa shape index (κ3) is 6.24. The number of aryl methyl sites for hydroxylation is 1. The quantitative estimate of drug-likeness (QED) is 0.503. The molecule has 0 aliphatic heterocycles. The van der Waals surface area contributed by atoms with Gasteiger partial charge < -0.3 is 9.47 Å². The first kappa shape index (κ1) is 26.6. The highest BCUT2D eigenvalue weighted by molar-refractivity contribution is 7.19. The Labute approximate surface area is 194 Å². The van der Waals surface area contributed by atoms with Gasteiger partial charge in [-0.25, -0.2) is 14.6 Å². The molecule has 0 saturated heterocycles. The van der Waals surface area contributed by atoms with Crippen molar-refractivity contribution in [3.8, 4) is 10.4 Å². The molecule has 0 N–H and O–H groups in total. The molecule has 0 aromatic carbocycles. The molecule has 0 bridgehead atoms. The Kier molecular flexibility index (Phi) is 6.95. The lowest BCUT2D eigenvalue weighted by Gasteiger charge is -2.27. The molecular weight excluding hydrogens is 461 g/mol. The lowest BCUT2D eigenvalue weighted by Crippen LogP contribution is -2.43. The van der Waals surface area contributed by atoms with Crippen molar-refractivity contribution in [3.63, 3.8) is 0 Å². The number of hydrogen-bond donors (Lipinski definition) is 0. The van der Waals surface area contributed by atoms with Gasteiger partial charge in [-0.3, -0.25) is 4.68 Å². The van der Waals surface area contributed by atoms with Crippen LogP contribution in [0.25, 0.3) is 10.4 Å². The maximum atomic E-state index is 13.4. The van der Waals surface area contributed by atoms with E-state index in [0.717, 1.165) is 29.9 Å². The summed E-state index contributed by atoms with van der Waals surface area (Å²) in [5.74, 6) is 0. The van der Waals surface area contributed by atoms with Gasteiger partial charge >= 0.3 is 18.4 Å². The number of imide groups is 1. The molecule has 184 valence electrons. The van der Waals surface area contributed by atoms with Crippen molar-refractivity contribution in [2.24, 2.45) is 0 Å². The van der Waals surface area contributed by atoms with Gasteiger partial charge in [0.15, 0.2) is 5.54 Å². The summed E-state index contributed by atoms with van der Waals surface area (Å²) in [5.41, 5.74) is -3.25. The van der Waals surface area contributed by atoms with Crippen LogP contribution in [0.5, 0.6) is 0 Å². The van der Waals surface area contributed by atoms with E-state index in [4.69, 9.17) is 9.47 Å². The van der Waals surface area contributed by atoms with Crippen molar-refractivity contribution in [3.05, 3.63) is 18.1 Å². The van der Waals surface area contributed by atoms with E-state index < -0.39 is 35.1 Å². The predicted octanol–water partition coefficient (Wildman–Crippen LogP) is 6.29. The first-order valence-corrected chi connectivity index (χ1v) is 10.9. The molecule has 2 rings (SSSR count). The standard InChI is InChI=1S/C21H29F3N4O4S/c1-12-14(13-10-25-27(11-13)20(8,9)21(22,23)24)33-15(26-12)28(16(29)31-18(2,3)4)17(30)32-19(5,6)7/h10-11H,1-9H3. The van der Waals surface area contributed by atoms with Gasteiger partial charge in [-0.1, -0.05) is 11.3 Å². The second-order valence-corrected chi connectivity index (χ2v) is 10.9. The zero-order valence-corrected chi connectivity index (χ0v) is 20.9. The van der Waals surface area contributed by atoms with Gasteiger partial charge in [-0.2, -0.15) is 23.2 Å². The van der Waals surface area contributed by atoms with Crippen molar-refractivity contribution in [2.75, 3.05) is 4.90 Å². The van der Waals surface area contributed by atoms with Crippen LogP contribution in [0.2, 0.25) is 0 Å². The summed E-state index contributed by atoms with van der Waals surface area (Å²) in [6, 6.07) is 0. The highest BCUT2D eigenvalue weighted by Crippen LogP contribution is 2.39. The topological polar surface area (TPSA) is 86.6 Å². The molecule has 0 spiro atoms. The summed E-state index contributed by atoms with van der Waals surface area (Å²) < 4.78 is 51.7. The van der Waals surface area contributed by atoms with E-state index in [0.29, 0.717) is 21.0 Å². The van der Waals surface area contributed by atoms with Crippen LogP contribution in [0.15, 0.2) is 12.4 Å². The highest BCUT2D eigenvalue weighted by Gasteiger charge is 2.49. The van der Waals surface area contributed by atoms with Gasteiger partial charge in [-0.05, 0) is 62.3 Å². The SMILES string of the molecule is Cc1nc(N(C(=O)OC(C)(C)C)C(=O)OC(C)(C)C)sc1-c1cnn(C(C)(C)C(F)(F)F)c1. The number of nitrogens with zero attached hydrogens (tertiary/aromatic N) is 4. The second kappa shape index (κ2) is 8.62. The molecule has 12 heteroatoms. The van der Waals surface area contributed by atoms with E-state index in [2.05, 4.69) is 10.1 Å². The molecule has 2 amide bonds. The summed E-state index contributed by atoms with van der Waals surface area (Å²) >= 11 is 0.939. The lowest BCUT2D eigenvalue weighted by atomic mass is 10.1. The monoisotopic (exact) mass is 490 g/mol. The smallest absolute Gasteiger partial charge is 0.426 e. The molecule has 0 fully saturated rings. The number of amides is 2. The van der Waals surface area contributed by atoms with E-state index in [-0.39, 0.29) is 5.13 Å². The van der Waals surface area contributed by atoms with Crippen LogP contribution in [0.1, 0.15) is 61.1 Å². The van der Waals surface area contributed by atoms with Crippen molar-refractivity contribution in [1.82, 2.24) is 14.8 Å². The normalized spacial score (nSPS) is 13.1. The van der Waals surface area contributed by atoms with Crippen LogP contribution in [-0.4, -0.2) is 44.3 Å². The summed E-state index contributed by atoms with van der Waals surface area (Å²) in [6.45, 7) is 13.5. The number of carbonyl (C=O) groups is 2. The van der Waals surface area contributed by atoms with Crippen molar-refractivity contribution in [2.45, 2.75) is 85.2 Å². The zero-order chi connectivity index (χ0) is 25.6. The van der Waals surface area contributed by atoms with E-state index in [1.807, 2.05) is 0 Å². The molecule has 0 atom stereocenters. The summed E-state index contributed by atoms with van der Waals surface area (Å²) in [6.07, 6.45) is -3.95. The maximum Gasteiger partial charge on any atom is 0.426 e. The number of carbonyl (C=O) groups excluding carboxylic acids is 2. The fraction of sp³-hybridized carbons (Fsp3) is 0.619. The van der Waals surface area contributed by atoms with Gasteiger partial charge in [0.1, 0.15) is 11.2 Å². The lowest BCUT2D eigenvalue weighted by molar-refractivity contribution is -0.205. The van der Waals surface area contributed by atoms with Gasteiger partial charge in [0.2, 0.25) is 5.13 Å². The number of thiazole rings is 1. The Bertz CT molecular complexity index is 1000. The maximum absolute atomic E-state index is 13.4. The number of rotatable bonds is 3. The second-order valence-electron chi connectivity index (χ2n) is 9.94. The van der Waals surface area contributed by atoms with E-state index >= 15 is 0 Å². The Morgan fingerprint density at radius 3 is 1.88 bits per heavy atom. The molecule has 33 heavy (non-hydrogen) atoms. The summed E-state index contributed by atoms with van der Waals surface area (Å²) in [7, 11) is 0. The molecule has 8 nitrogen and oxygen atoms in total. The Morgan fingerprint density at radius 2 is 1.45 bits per heavy atom. The third-order valence-electron chi connectivity index (χ3n) is 4.24. The van der Waals surface area contributed by atoms with Crippen molar-refractivity contribution in [1.29, 1.82) is 0 Å². The van der Waals surface area contributed by atoms with Crippen molar-refractivity contribution < 1.29 is 32.2 Å². The minimum absolute atomic E-state index is 0.0335. The van der Waals surface area contributed by atoms with Crippen LogP contribution in [0.3, 0.4) is 0 Å². The van der Waals surface area contributed by atoms with Crippen LogP contribution in [-0.2, 0) is 15.0 Å². The highest BCUT2D eigenvalue weighted by atomic mass is 32.1. The van der Waals surface area contributed by atoms with Crippen molar-refractivity contribution >= 4 is 28.7 Å². The number of hydrogen-bond acceptors (Lipinski definition) is 7. The molecule has 0 radical (unpaired) electrons. The minimum Gasteiger partial charge on any atom is -0.443 e. The molecule has 0 aliphatic carbocycles. The van der Waals surface area contributed by atoms with E-state index in [1.165, 1.54) is 12.4 Å². The van der Waals surface area contributed by atoms with Crippen LogP contribution < -0.4 is 4.90 Å². The number of alkyl halides is 3. The molecule has 0 saturated carbocycles. The number of anilines is 1. The molecule has 0 unspecified atom stereocenters. The largest absolute Gasteiger partial charge is 0.443 e. The summed E-state index contributed by atoms with van der Waals surface area (Å²) in [4.78, 5) is 31.1. The fourth-order valence-electron chi connectivity index (χ4n) is 2.47. The molecule has 2 aromatic rings. The van der Waals surface area contributed by atoms with Crippen LogP contribution >= 0.6 is 11.3 Å². The van der Waals surface area contributed by atoms with Gasteiger partial charge in [0, 0.05) is 11.8 Å². The molecule has 2 aromatic heterocycles. The minimum atomic E-state index is -4.52. The van der Waals surface area contributed by atoms with Gasteiger partial charge in [0.05, 0.1) is 16.8 Å². The third-order valence-corrected chi connectivity index (χ3v) is 5.43. The number of ether oxygens (including phenoxy) is 2. The average molecular weight is 491 g/mol. The first-order chi connectivity index (χ1) is 14.7. The predicted molar refractivity (Wildman–Crippen MR) is 118 cm³/mol. The Morgan fingerprint density at radius 1 is 0.970 bits per heavy atom. The van der Waals surface area contributed by atoms with E-state index in [1.54, 1.807) is 48.5 Å². The van der Waals surface area contributed by atoms with Gasteiger partial charge in [0.25, 0.3) is 0 Å². The first-order valence-electron chi connectivity index (χ1n) is 10.1. The number of aromatic nitrogens is 3.